The molecule has 1 amide bonds. The number of hydrogen-bond donors (Lipinski definition) is 1. The summed E-state index contributed by atoms with van der Waals surface area (Å²) in [6.45, 7) is 4.94. The monoisotopic (exact) mass is 357 g/mol. The first-order valence-corrected chi connectivity index (χ1v) is 8.73. The van der Waals surface area contributed by atoms with Crippen molar-refractivity contribution in [3.63, 3.8) is 0 Å². The average Bonchev–Trinajstić information content (AvgIpc) is 3.22. The molecular formula is C17H19N5O2S. The van der Waals surface area contributed by atoms with E-state index < -0.39 is 0 Å². The molecule has 7 nitrogen and oxygen atoms in total. The van der Waals surface area contributed by atoms with Crippen molar-refractivity contribution in [2.75, 3.05) is 18.9 Å². The molecule has 0 aliphatic heterocycles. The molecule has 3 heterocycles. The molecule has 0 saturated carbocycles. The predicted octanol–water partition coefficient (Wildman–Crippen LogP) is 3.21. The van der Waals surface area contributed by atoms with Gasteiger partial charge in [0.05, 0.1) is 12.2 Å². The van der Waals surface area contributed by atoms with Gasteiger partial charge in [-0.25, -0.2) is 4.98 Å². The van der Waals surface area contributed by atoms with Gasteiger partial charge in [-0.05, 0) is 26.0 Å². The second-order valence-corrected chi connectivity index (χ2v) is 6.54. The van der Waals surface area contributed by atoms with Crippen LogP contribution < -0.4 is 5.32 Å². The Bertz CT molecular complexity index is 859. The van der Waals surface area contributed by atoms with Crippen molar-refractivity contribution in [2.45, 2.75) is 20.4 Å². The number of rotatable bonds is 6. The molecule has 0 aliphatic carbocycles. The maximum Gasteiger partial charge on any atom is 0.266 e. The number of hydrogen-bond acceptors (Lipinski definition) is 7. The van der Waals surface area contributed by atoms with Crippen molar-refractivity contribution in [1.29, 1.82) is 0 Å². The highest BCUT2D eigenvalue weighted by atomic mass is 32.1. The zero-order valence-corrected chi connectivity index (χ0v) is 15.1. The highest BCUT2D eigenvalue weighted by molar-refractivity contribution is 7.17. The molecule has 3 aromatic rings. The van der Waals surface area contributed by atoms with Crippen molar-refractivity contribution in [3.05, 3.63) is 46.9 Å². The summed E-state index contributed by atoms with van der Waals surface area (Å²) in [6, 6.07) is 5.57. The lowest BCUT2D eigenvalue weighted by Crippen LogP contribution is -2.25. The van der Waals surface area contributed by atoms with E-state index in [-0.39, 0.29) is 5.91 Å². The fourth-order valence-corrected chi connectivity index (χ4v) is 3.37. The summed E-state index contributed by atoms with van der Waals surface area (Å²) in [7, 11) is 1.74. The molecule has 25 heavy (non-hydrogen) atoms. The molecule has 130 valence electrons. The smallest absolute Gasteiger partial charge is 0.266 e. The van der Waals surface area contributed by atoms with Gasteiger partial charge in [0.2, 0.25) is 0 Å². The van der Waals surface area contributed by atoms with E-state index in [1.807, 2.05) is 32.0 Å². The molecule has 8 heteroatoms. The molecule has 0 saturated heterocycles. The summed E-state index contributed by atoms with van der Waals surface area (Å²) in [4.78, 5) is 23.3. The van der Waals surface area contributed by atoms with Crippen LogP contribution in [0.5, 0.6) is 0 Å². The van der Waals surface area contributed by atoms with Gasteiger partial charge in [-0.2, -0.15) is 0 Å². The van der Waals surface area contributed by atoms with Crippen molar-refractivity contribution in [3.8, 4) is 11.3 Å². The van der Waals surface area contributed by atoms with E-state index >= 15 is 0 Å². The predicted molar refractivity (Wildman–Crippen MR) is 96.5 cm³/mol. The molecule has 0 radical (unpaired) electrons. The lowest BCUT2D eigenvalue weighted by atomic mass is 10.2. The second-order valence-electron chi connectivity index (χ2n) is 5.55. The molecule has 0 bridgehead atoms. The van der Waals surface area contributed by atoms with Crippen LogP contribution in [-0.4, -0.2) is 39.5 Å². The van der Waals surface area contributed by atoms with Gasteiger partial charge < -0.3 is 14.7 Å². The summed E-state index contributed by atoms with van der Waals surface area (Å²) < 4.78 is 5.35. The first kappa shape index (κ1) is 17.1. The van der Waals surface area contributed by atoms with Crippen LogP contribution in [0.4, 0.5) is 5.13 Å². The fraction of sp³-hybridized carbons (Fsp3) is 0.294. The van der Waals surface area contributed by atoms with Crippen molar-refractivity contribution in [1.82, 2.24) is 20.0 Å². The Morgan fingerprint density at radius 2 is 2.28 bits per heavy atom. The molecule has 3 aromatic heterocycles. The van der Waals surface area contributed by atoms with Gasteiger partial charge in [0, 0.05) is 37.6 Å². The summed E-state index contributed by atoms with van der Waals surface area (Å²) in [5.74, 6) is 0.530. The number of anilines is 1. The minimum atomic E-state index is -0.0847. The first-order chi connectivity index (χ1) is 12.1. The van der Waals surface area contributed by atoms with Gasteiger partial charge in [-0.3, -0.25) is 9.78 Å². The van der Waals surface area contributed by atoms with Crippen LogP contribution in [0, 0.1) is 6.92 Å². The maximum absolute atomic E-state index is 12.7. The third kappa shape index (κ3) is 3.85. The Morgan fingerprint density at radius 1 is 1.44 bits per heavy atom. The van der Waals surface area contributed by atoms with Gasteiger partial charge in [0.1, 0.15) is 10.6 Å². The highest BCUT2D eigenvalue weighted by Crippen LogP contribution is 2.24. The van der Waals surface area contributed by atoms with Gasteiger partial charge in [-0.1, -0.05) is 16.5 Å². The number of thiazole rings is 1. The van der Waals surface area contributed by atoms with Crippen LogP contribution in [0.2, 0.25) is 0 Å². The molecule has 0 unspecified atom stereocenters. The van der Waals surface area contributed by atoms with Crippen molar-refractivity contribution >= 4 is 22.4 Å². The Hall–Kier alpha value is -2.74. The number of nitrogens with one attached hydrogen (secondary N) is 1. The van der Waals surface area contributed by atoms with Crippen molar-refractivity contribution < 1.29 is 9.32 Å². The minimum absolute atomic E-state index is 0.0847. The van der Waals surface area contributed by atoms with Crippen LogP contribution in [0.3, 0.4) is 0 Å². The van der Waals surface area contributed by atoms with E-state index in [9.17, 15) is 4.79 Å². The van der Waals surface area contributed by atoms with Gasteiger partial charge >= 0.3 is 0 Å². The number of carbonyl (C=O) groups is 1. The quantitative estimate of drug-likeness (QED) is 0.729. The Balaban J connectivity index is 1.71. The normalized spacial score (nSPS) is 10.7. The third-order valence-electron chi connectivity index (χ3n) is 3.57. The molecule has 0 aliphatic rings. The zero-order valence-electron chi connectivity index (χ0n) is 14.3. The number of pyridine rings is 1. The van der Waals surface area contributed by atoms with Crippen LogP contribution >= 0.6 is 11.3 Å². The largest absolute Gasteiger partial charge is 0.362 e. The molecule has 1 N–H and O–H groups in total. The van der Waals surface area contributed by atoms with Gasteiger partial charge in [0.25, 0.3) is 5.91 Å². The lowest BCUT2D eigenvalue weighted by molar-refractivity contribution is 0.0776. The summed E-state index contributed by atoms with van der Waals surface area (Å²) in [5.41, 5.74) is 2.30. The van der Waals surface area contributed by atoms with Crippen LogP contribution in [0.15, 0.2) is 35.1 Å². The average molecular weight is 357 g/mol. The number of amides is 1. The molecule has 0 aromatic carbocycles. The summed E-state index contributed by atoms with van der Waals surface area (Å²) >= 11 is 1.37. The van der Waals surface area contributed by atoms with Crippen LogP contribution in [-0.2, 0) is 6.54 Å². The second kappa shape index (κ2) is 7.43. The number of nitrogens with zero attached hydrogens (tertiary/aromatic N) is 4. The van der Waals surface area contributed by atoms with Gasteiger partial charge in [0.15, 0.2) is 10.9 Å². The molecule has 3 rings (SSSR count). The molecular weight excluding hydrogens is 338 g/mol. The molecule has 0 spiro atoms. The number of aromatic nitrogens is 3. The van der Waals surface area contributed by atoms with E-state index in [1.165, 1.54) is 11.3 Å². The van der Waals surface area contributed by atoms with Gasteiger partial charge in [-0.15, -0.1) is 0 Å². The Morgan fingerprint density at radius 3 is 3.00 bits per heavy atom. The van der Waals surface area contributed by atoms with Crippen LogP contribution in [0.1, 0.15) is 28.0 Å². The zero-order chi connectivity index (χ0) is 17.8. The van der Waals surface area contributed by atoms with E-state index in [1.54, 1.807) is 24.3 Å². The lowest BCUT2D eigenvalue weighted by Gasteiger charge is -2.14. The van der Waals surface area contributed by atoms with E-state index in [0.29, 0.717) is 22.9 Å². The number of carbonyl (C=O) groups excluding carboxylic acids is 1. The van der Waals surface area contributed by atoms with Crippen LogP contribution in [0.25, 0.3) is 11.3 Å². The minimum Gasteiger partial charge on any atom is -0.362 e. The standard InChI is InChI=1S/C17H19N5O2S/c1-4-19-17-20-11(2)15(25-17)16(23)22(3)10-13-8-14(21-24-13)12-6-5-7-18-9-12/h5-9H,4,10H2,1-3H3,(H,19,20). The Labute approximate surface area is 149 Å². The Kier molecular flexibility index (Phi) is 5.08. The molecule has 0 atom stereocenters. The molecule has 0 fully saturated rings. The highest BCUT2D eigenvalue weighted by Gasteiger charge is 2.20. The maximum atomic E-state index is 12.7. The fourth-order valence-electron chi connectivity index (χ4n) is 2.34. The van der Waals surface area contributed by atoms with E-state index in [0.717, 1.165) is 22.9 Å². The summed E-state index contributed by atoms with van der Waals surface area (Å²) in [5, 5.41) is 7.94. The van der Waals surface area contributed by atoms with Crippen molar-refractivity contribution in [2.24, 2.45) is 0 Å². The topological polar surface area (TPSA) is 84.2 Å². The first-order valence-electron chi connectivity index (χ1n) is 7.91. The van der Waals surface area contributed by atoms with E-state index in [4.69, 9.17) is 4.52 Å². The van der Waals surface area contributed by atoms with E-state index in [2.05, 4.69) is 20.4 Å². The summed E-state index contributed by atoms with van der Waals surface area (Å²) in [6.07, 6.45) is 3.43. The SMILES string of the molecule is CCNc1nc(C)c(C(=O)N(C)Cc2cc(-c3cccnc3)no2)s1. The number of aryl methyl sites for hydroxylation is 1. The third-order valence-corrected chi connectivity index (χ3v) is 4.68.